The molecule has 6 atom stereocenters. The number of nitrogens with zero attached hydrogens (tertiary/aromatic N) is 5. The first-order valence-corrected chi connectivity index (χ1v) is 22.4. The van der Waals surface area contributed by atoms with Crippen LogP contribution < -0.4 is 5.73 Å². The molecule has 3 aromatic rings. The number of nitriles is 2. The maximum atomic E-state index is 14.1. The molecule has 17 heteroatoms. The van der Waals surface area contributed by atoms with Crippen molar-refractivity contribution in [3.8, 4) is 12.1 Å². The smallest absolute Gasteiger partial charge is 0.382 e. The van der Waals surface area contributed by atoms with E-state index in [9.17, 15) is 24.4 Å². The summed E-state index contributed by atoms with van der Waals surface area (Å²) in [7, 11) is -4.85. The van der Waals surface area contributed by atoms with Crippen molar-refractivity contribution in [3.05, 3.63) is 59.3 Å². The third-order valence-corrected chi connectivity index (χ3v) is 11.5. The lowest BCUT2D eigenvalue weighted by Gasteiger charge is -2.29. The van der Waals surface area contributed by atoms with Gasteiger partial charge in [-0.3, -0.25) is 9.05 Å². The van der Waals surface area contributed by atoms with Crippen LogP contribution in [0.15, 0.2) is 36.7 Å². The van der Waals surface area contributed by atoms with Crippen molar-refractivity contribution in [2.24, 2.45) is 0 Å². The van der Waals surface area contributed by atoms with Gasteiger partial charge in [0.2, 0.25) is 5.60 Å². The van der Waals surface area contributed by atoms with Gasteiger partial charge in [0.1, 0.15) is 54.8 Å². The van der Waals surface area contributed by atoms with Crippen LogP contribution in [0.4, 0.5) is 10.2 Å². The average molecular weight is 843 g/mol. The van der Waals surface area contributed by atoms with Gasteiger partial charge < -0.3 is 34.3 Å². The highest BCUT2D eigenvalue weighted by atomic mass is 31.2. The first-order chi connectivity index (χ1) is 28.4. The van der Waals surface area contributed by atoms with E-state index in [2.05, 4.69) is 23.1 Å². The summed E-state index contributed by atoms with van der Waals surface area (Å²) in [6.07, 6.45) is 15.0. The molecule has 3 N–H and O–H groups in total. The van der Waals surface area contributed by atoms with Gasteiger partial charge in [-0.25, -0.2) is 18.5 Å². The maximum absolute atomic E-state index is 14.1. The zero-order chi connectivity index (χ0) is 42.3. The lowest BCUT2D eigenvalue weighted by atomic mass is 9.96. The van der Waals surface area contributed by atoms with Crippen LogP contribution in [-0.2, 0) is 43.9 Å². The van der Waals surface area contributed by atoms with E-state index < -0.39 is 62.7 Å². The molecule has 1 unspecified atom stereocenters. The fourth-order valence-electron chi connectivity index (χ4n) is 7.55. The summed E-state index contributed by atoms with van der Waals surface area (Å²) in [6.45, 7) is 4.81. The molecule has 5 rings (SSSR count). The van der Waals surface area contributed by atoms with E-state index in [4.69, 9.17) is 38.5 Å². The van der Waals surface area contributed by atoms with Crippen molar-refractivity contribution in [1.82, 2.24) is 14.6 Å². The molecule has 0 amide bonds. The van der Waals surface area contributed by atoms with E-state index in [1.54, 1.807) is 26.0 Å². The summed E-state index contributed by atoms with van der Waals surface area (Å²) in [6, 6.07) is 11.3. The van der Waals surface area contributed by atoms with Crippen LogP contribution in [0.5, 0.6) is 0 Å². The number of benzene rings is 1. The number of unbranched alkanes of at least 4 members (excludes halogenated alkanes) is 13. The maximum Gasteiger partial charge on any atom is 0.472 e. The molecule has 1 aromatic carbocycles. The summed E-state index contributed by atoms with van der Waals surface area (Å²) in [4.78, 5) is 14.9. The minimum Gasteiger partial charge on any atom is -0.382 e. The molecule has 15 nitrogen and oxygen atoms in total. The van der Waals surface area contributed by atoms with Crippen LogP contribution in [-0.4, -0.2) is 75.6 Å². The topological polar surface area (TPSA) is 206 Å². The Morgan fingerprint density at radius 1 is 0.949 bits per heavy atom. The minimum atomic E-state index is -4.85. The number of fused-ring (bicyclic) bond motifs is 2. The van der Waals surface area contributed by atoms with Crippen molar-refractivity contribution < 1.29 is 46.6 Å². The van der Waals surface area contributed by atoms with E-state index in [-0.39, 0.29) is 24.6 Å². The number of anilines is 1. The highest BCUT2D eigenvalue weighted by molar-refractivity contribution is 7.47. The molecule has 2 aliphatic rings. The van der Waals surface area contributed by atoms with Crippen LogP contribution in [0.1, 0.15) is 134 Å². The Morgan fingerprint density at radius 2 is 1.63 bits per heavy atom. The van der Waals surface area contributed by atoms with Crippen molar-refractivity contribution in [1.29, 1.82) is 10.5 Å². The molecular weight excluding hydrogens is 782 g/mol. The molecule has 2 aromatic heterocycles. The Labute approximate surface area is 346 Å². The van der Waals surface area contributed by atoms with Gasteiger partial charge in [-0.1, -0.05) is 90.4 Å². The number of rotatable bonds is 27. The SMILES string of the molecule is CCCCCCCCCCCCCCCCOC[C@@H](COP(=O)(O)OC[C@@]1(C#N)O[C@@H](c2ccc3c(N)ncnn23)[C@@H]2OC(C)(C)O[C@@H]21)OCc1cc(F)cc(C#N)c1. The Morgan fingerprint density at radius 3 is 2.29 bits per heavy atom. The minimum absolute atomic E-state index is 0.00907. The molecule has 0 saturated carbocycles. The molecule has 2 fully saturated rings. The second kappa shape index (κ2) is 22.3. The fourth-order valence-corrected chi connectivity index (χ4v) is 8.33. The summed E-state index contributed by atoms with van der Waals surface area (Å²) < 4.78 is 70.3. The standard InChI is InChI=1S/C42H60FN6O9P/c1-4-5-6-7-8-9-10-11-12-13-14-15-16-17-20-52-26-34(53-25-32-21-31(24-44)22-33(43)23-32)27-54-59(50,51)55-29-42(28-45)39-38(56-41(2,3)58-39)37(57-42)35-18-19-36-40(46)47-30-48-49(35)36/h18-19,21-23,30,34,37-39H,4-17,20,25-27,29H2,1-3H3,(H,50,51)(H2,46,47,48)/t34-,37-,38-,39-,42+/m0/s1. The number of phosphoric ester groups is 1. The molecule has 59 heavy (non-hydrogen) atoms. The van der Waals surface area contributed by atoms with Gasteiger partial charge in [0.05, 0.1) is 37.1 Å². The summed E-state index contributed by atoms with van der Waals surface area (Å²) in [5.41, 5.74) is 5.69. The summed E-state index contributed by atoms with van der Waals surface area (Å²) >= 11 is 0. The van der Waals surface area contributed by atoms with E-state index in [1.807, 2.05) is 6.07 Å². The number of nitrogens with two attached hydrogens (primary N) is 1. The highest BCUT2D eigenvalue weighted by Crippen LogP contribution is 2.52. The number of halogens is 1. The Hall–Kier alpha value is -3.54. The number of ether oxygens (including phenoxy) is 5. The largest absolute Gasteiger partial charge is 0.472 e. The normalized spacial score (nSPS) is 22.5. The van der Waals surface area contributed by atoms with Crippen molar-refractivity contribution in [2.45, 2.75) is 153 Å². The molecule has 0 spiro atoms. The Balaban J connectivity index is 1.12. The number of aromatic nitrogens is 3. The van der Waals surface area contributed by atoms with Crippen LogP contribution in [0.2, 0.25) is 0 Å². The monoisotopic (exact) mass is 842 g/mol. The average Bonchev–Trinajstić information content (AvgIpc) is 3.87. The van der Waals surface area contributed by atoms with Crippen LogP contribution >= 0.6 is 7.82 Å². The van der Waals surface area contributed by atoms with Gasteiger partial charge in [0.25, 0.3) is 0 Å². The molecular formula is C42H60FN6O9P. The van der Waals surface area contributed by atoms with Crippen molar-refractivity contribution >= 4 is 19.2 Å². The molecule has 2 aliphatic heterocycles. The van der Waals surface area contributed by atoms with Gasteiger partial charge in [-0.2, -0.15) is 15.6 Å². The van der Waals surface area contributed by atoms with E-state index in [1.165, 1.54) is 93.6 Å². The second-order valence-electron chi connectivity index (χ2n) is 15.9. The van der Waals surface area contributed by atoms with Gasteiger partial charge in [0, 0.05) is 6.61 Å². The van der Waals surface area contributed by atoms with Gasteiger partial charge in [0.15, 0.2) is 11.6 Å². The number of hydrogen-bond donors (Lipinski definition) is 2. The fraction of sp³-hybridized carbons (Fsp3) is 0.667. The second-order valence-corrected chi connectivity index (χ2v) is 17.3. The van der Waals surface area contributed by atoms with Crippen LogP contribution in [0.25, 0.3) is 5.52 Å². The number of hydrogen-bond acceptors (Lipinski definition) is 13. The molecule has 0 bridgehead atoms. The third-order valence-electron chi connectivity index (χ3n) is 10.6. The molecule has 0 aliphatic carbocycles. The third kappa shape index (κ3) is 13.5. The predicted molar refractivity (Wildman–Crippen MR) is 216 cm³/mol. The molecule has 324 valence electrons. The van der Waals surface area contributed by atoms with Gasteiger partial charge >= 0.3 is 7.82 Å². The Kier molecular flexibility index (Phi) is 17.6. The highest BCUT2D eigenvalue weighted by Gasteiger charge is 2.65. The van der Waals surface area contributed by atoms with E-state index >= 15 is 0 Å². The summed E-state index contributed by atoms with van der Waals surface area (Å²) in [5, 5.41) is 24.0. The van der Waals surface area contributed by atoms with Crippen LogP contribution in [0, 0.1) is 28.5 Å². The van der Waals surface area contributed by atoms with Crippen molar-refractivity contribution in [3.63, 3.8) is 0 Å². The molecule has 2 saturated heterocycles. The van der Waals surface area contributed by atoms with Gasteiger partial charge in [-0.05, 0) is 56.2 Å². The zero-order valence-electron chi connectivity index (χ0n) is 34.6. The van der Waals surface area contributed by atoms with Gasteiger partial charge in [-0.15, -0.1) is 0 Å². The summed E-state index contributed by atoms with van der Waals surface area (Å²) in [5.74, 6) is -1.47. The Bertz CT molecular complexity index is 1920. The molecule has 4 heterocycles. The molecule has 0 radical (unpaired) electrons. The first-order valence-electron chi connectivity index (χ1n) is 20.9. The van der Waals surface area contributed by atoms with E-state index in [0.29, 0.717) is 23.4 Å². The number of nitrogen functional groups attached to an aromatic ring is 1. The lowest BCUT2D eigenvalue weighted by molar-refractivity contribution is -0.204. The number of phosphoric acid groups is 1. The predicted octanol–water partition coefficient (Wildman–Crippen LogP) is 8.39. The lowest BCUT2D eigenvalue weighted by Crippen LogP contribution is -2.45. The van der Waals surface area contributed by atoms with Crippen molar-refractivity contribution in [2.75, 3.05) is 32.2 Å². The van der Waals surface area contributed by atoms with E-state index in [0.717, 1.165) is 25.3 Å². The quantitative estimate of drug-likeness (QED) is 0.0546. The first kappa shape index (κ1) is 46.5. The van der Waals surface area contributed by atoms with Crippen LogP contribution in [0.3, 0.4) is 0 Å². The zero-order valence-corrected chi connectivity index (χ0v) is 35.5.